The molecule has 0 aromatic heterocycles. The molecule has 2 unspecified atom stereocenters. The third-order valence-electron chi connectivity index (χ3n) is 2.83. The first-order valence-corrected chi connectivity index (χ1v) is 11.5. The average molecular weight is 644 g/mol. The summed E-state index contributed by atoms with van der Waals surface area (Å²) in [6.45, 7) is 2.19. The molecule has 0 N–H and O–H groups in total. The van der Waals surface area contributed by atoms with Crippen molar-refractivity contribution < 1.29 is 0 Å². The molecular formula is C12H20Br6. The highest BCUT2D eigenvalue weighted by Gasteiger charge is 2.21. The van der Waals surface area contributed by atoms with Crippen LogP contribution >= 0.6 is 95.6 Å². The Balaban J connectivity index is 3.66. The highest BCUT2D eigenvalue weighted by atomic mass is 79.9. The van der Waals surface area contributed by atoms with Crippen LogP contribution in [-0.4, -0.2) is 16.6 Å². The lowest BCUT2D eigenvalue weighted by Crippen LogP contribution is -2.13. The Hall–Kier alpha value is 2.88. The van der Waals surface area contributed by atoms with Gasteiger partial charge in [0.05, 0.1) is 6.97 Å². The average Bonchev–Trinajstić information content (AvgIpc) is 2.31. The van der Waals surface area contributed by atoms with Crippen molar-refractivity contribution in [1.82, 2.24) is 0 Å². The molecule has 0 saturated heterocycles. The summed E-state index contributed by atoms with van der Waals surface area (Å²) in [7, 11) is 0. The zero-order valence-corrected chi connectivity index (χ0v) is 20.0. The molecule has 0 spiro atoms. The number of halogens is 6. The standard InChI is InChI=1S/C12H20Br6/c1-2-12(17,18)8-7-10(14)4-3-9(13)5-6-11(15)16/h9-11H,2-8H2,1H3. The van der Waals surface area contributed by atoms with Gasteiger partial charge in [0.25, 0.3) is 0 Å². The molecule has 0 heterocycles. The third kappa shape index (κ3) is 12.6. The monoisotopic (exact) mass is 638 g/mol. The van der Waals surface area contributed by atoms with Crippen LogP contribution in [0.2, 0.25) is 0 Å². The summed E-state index contributed by atoms with van der Waals surface area (Å²) in [6.07, 6.45) is 8.27. The lowest BCUT2D eigenvalue weighted by atomic mass is 10.1. The maximum Gasteiger partial charge on any atom is 0.0803 e. The Kier molecular flexibility index (Phi) is 13.3. The first-order valence-electron chi connectivity index (χ1n) is 6.21. The van der Waals surface area contributed by atoms with Crippen LogP contribution in [-0.2, 0) is 0 Å². The molecule has 0 bridgehead atoms. The van der Waals surface area contributed by atoms with Gasteiger partial charge in [-0.1, -0.05) is 103 Å². The predicted molar refractivity (Wildman–Crippen MR) is 106 cm³/mol. The van der Waals surface area contributed by atoms with Gasteiger partial charge in [-0.3, -0.25) is 0 Å². The van der Waals surface area contributed by atoms with Gasteiger partial charge in [-0.15, -0.1) is 0 Å². The first kappa shape index (κ1) is 20.9. The normalized spacial score (nSPS) is 16.0. The fraction of sp³-hybridized carbons (Fsp3) is 1.00. The van der Waals surface area contributed by atoms with Gasteiger partial charge in [0.1, 0.15) is 0 Å². The summed E-state index contributed by atoms with van der Waals surface area (Å²) >= 11 is 22.0. The molecule has 0 amide bonds. The van der Waals surface area contributed by atoms with Gasteiger partial charge < -0.3 is 0 Å². The van der Waals surface area contributed by atoms with Crippen LogP contribution in [0.5, 0.6) is 0 Å². The maximum absolute atomic E-state index is 3.79. The van der Waals surface area contributed by atoms with Gasteiger partial charge in [-0.05, 0) is 44.9 Å². The van der Waals surface area contributed by atoms with Crippen molar-refractivity contribution in [3.05, 3.63) is 0 Å². The zero-order chi connectivity index (χ0) is 14.2. The molecule has 0 rings (SSSR count). The second-order valence-corrected chi connectivity index (χ2v) is 14.6. The summed E-state index contributed by atoms with van der Waals surface area (Å²) < 4.78 is 0.565. The highest BCUT2D eigenvalue weighted by molar-refractivity contribution is 9.25. The fourth-order valence-electron chi connectivity index (χ4n) is 1.50. The minimum Gasteiger partial charge on any atom is -0.0891 e. The fourth-order valence-corrected chi connectivity index (χ4v) is 3.51. The predicted octanol–water partition coefficient (Wildman–Crippen LogP) is 7.87. The van der Waals surface area contributed by atoms with Crippen molar-refractivity contribution >= 4 is 95.6 Å². The van der Waals surface area contributed by atoms with E-state index in [0.717, 1.165) is 19.3 Å². The quantitative estimate of drug-likeness (QED) is 0.213. The van der Waals surface area contributed by atoms with Crippen LogP contribution < -0.4 is 0 Å². The second-order valence-electron chi connectivity index (χ2n) is 4.49. The molecule has 0 aromatic carbocycles. The van der Waals surface area contributed by atoms with Gasteiger partial charge in [0, 0.05) is 9.65 Å². The molecule has 6 heteroatoms. The summed E-state index contributed by atoms with van der Waals surface area (Å²) in [5.74, 6) is 0. The Morgan fingerprint density at radius 2 is 1.22 bits per heavy atom. The van der Waals surface area contributed by atoms with E-state index >= 15 is 0 Å². The molecular weight excluding hydrogens is 624 g/mol. The lowest BCUT2D eigenvalue weighted by Gasteiger charge is -2.20. The van der Waals surface area contributed by atoms with Crippen molar-refractivity contribution in [3.63, 3.8) is 0 Å². The Labute approximate surface area is 162 Å². The van der Waals surface area contributed by atoms with Crippen molar-refractivity contribution in [2.45, 2.75) is 68.5 Å². The largest absolute Gasteiger partial charge is 0.0891 e. The third-order valence-corrected chi connectivity index (χ3v) is 7.49. The molecule has 0 aliphatic rings. The van der Waals surface area contributed by atoms with E-state index < -0.39 is 0 Å². The van der Waals surface area contributed by atoms with Crippen LogP contribution in [0.15, 0.2) is 0 Å². The minimum atomic E-state index is 0.124. The van der Waals surface area contributed by atoms with Crippen LogP contribution in [0.1, 0.15) is 51.9 Å². The molecule has 0 fully saturated rings. The van der Waals surface area contributed by atoms with E-state index in [0.29, 0.717) is 13.4 Å². The van der Waals surface area contributed by atoms with E-state index in [1.165, 1.54) is 25.7 Å². The number of alkyl halides is 6. The first-order chi connectivity index (χ1) is 8.26. The van der Waals surface area contributed by atoms with Crippen molar-refractivity contribution in [2.24, 2.45) is 0 Å². The summed E-state index contributed by atoms with van der Waals surface area (Å²) in [4.78, 5) is 1.24. The van der Waals surface area contributed by atoms with Crippen LogP contribution in [0.3, 0.4) is 0 Å². The summed E-state index contributed by atoms with van der Waals surface area (Å²) in [5, 5.41) is 0. The second kappa shape index (κ2) is 11.4. The molecule has 0 aliphatic heterocycles. The van der Waals surface area contributed by atoms with E-state index in [4.69, 9.17) is 0 Å². The Morgan fingerprint density at radius 3 is 1.67 bits per heavy atom. The van der Waals surface area contributed by atoms with E-state index in [9.17, 15) is 0 Å². The number of hydrogen-bond acceptors (Lipinski definition) is 0. The number of rotatable bonds is 10. The van der Waals surface area contributed by atoms with Crippen LogP contribution in [0.4, 0.5) is 0 Å². The molecule has 0 radical (unpaired) electrons. The van der Waals surface area contributed by atoms with Crippen LogP contribution in [0.25, 0.3) is 0 Å². The van der Waals surface area contributed by atoms with E-state index in [1.807, 2.05) is 0 Å². The molecule has 0 saturated carbocycles. The molecule has 18 heavy (non-hydrogen) atoms. The van der Waals surface area contributed by atoms with Gasteiger partial charge in [-0.25, -0.2) is 0 Å². The van der Waals surface area contributed by atoms with Crippen molar-refractivity contribution in [2.75, 3.05) is 0 Å². The van der Waals surface area contributed by atoms with Crippen molar-refractivity contribution in [3.8, 4) is 0 Å². The van der Waals surface area contributed by atoms with E-state index in [2.05, 4.69) is 103 Å². The SMILES string of the molecule is CCC(Br)(Br)CCC(Br)CCC(Br)CCC(Br)Br. The van der Waals surface area contributed by atoms with Crippen LogP contribution in [0, 0.1) is 0 Å². The van der Waals surface area contributed by atoms with E-state index in [-0.39, 0.29) is 3.23 Å². The van der Waals surface area contributed by atoms with Crippen molar-refractivity contribution in [1.29, 1.82) is 0 Å². The lowest BCUT2D eigenvalue weighted by molar-refractivity contribution is 0.587. The highest BCUT2D eigenvalue weighted by Crippen LogP contribution is 2.36. The molecule has 0 nitrogen and oxygen atoms in total. The summed E-state index contributed by atoms with van der Waals surface area (Å²) in [5.41, 5.74) is 0. The maximum atomic E-state index is 3.79. The molecule has 0 aromatic rings. The molecule has 0 aliphatic carbocycles. The summed E-state index contributed by atoms with van der Waals surface area (Å²) in [6, 6.07) is 0. The molecule has 110 valence electrons. The van der Waals surface area contributed by atoms with E-state index in [1.54, 1.807) is 0 Å². The molecule has 2 atom stereocenters. The van der Waals surface area contributed by atoms with Gasteiger partial charge in [0.2, 0.25) is 0 Å². The zero-order valence-electron chi connectivity index (χ0n) is 10.4. The van der Waals surface area contributed by atoms with Gasteiger partial charge in [0.15, 0.2) is 0 Å². The Morgan fingerprint density at radius 1 is 0.778 bits per heavy atom. The smallest absolute Gasteiger partial charge is 0.0803 e. The van der Waals surface area contributed by atoms with Gasteiger partial charge >= 0.3 is 0 Å². The Bertz CT molecular complexity index is 207. The topological polar surface area (TPSA) is 0 Å². The number of hydrogen-bond donors (Lipinski definition) is 0. The van der Waals surface area contributed by atoms with Gasteiger partial charge in [-0.2, -0.15) is 0 Å². The minimum absolute atomic E-state index is 0.124.